The number of hydrogen-bond donors (Lipinski definition) is 2. The highest BCUT2D eigenvalue weighted by atomic mass is 31.2. The van der Waals surface area contributed by atoms with Gasteiger partial charge in [0.2, 0.25) is 7.37 Å². The minimum atomic E-state index is -4.29. The van der Waals surface area contributed by atoms with E-state index in [2.05, 4.69) is 5.32 Å². The molecular formula is C28H38N2O6P+. The van der Waals surface area contributed by atoms with Gasteiger partial charge in [-0.05, 0) is 58.2 Å². The first-order chi connectivity index (χ1) is 17.3. The monoisotopic (exact) mass is 529 g/mol. The summed E-state index contributed by atoms with van der Waals surface area (Å²) in [6, 6.07) is 17.5. The molecule has 2 aromatic rings. The number of hydrogen-bond acceptors (Lipinski definition) is 5. The molecule has 0 saturated carbocycles. The second-order valence-corrected chi connectivity index (χ2v) is 13.2. The van der Waals surface area contributed by atoms with E-state index in [0.29, 0.717) is 24.8 Å². The van der Waals surface area contributed by atoms with Crippen LogP contribution in [0.1, 0.15) is 62.9 Å². The number of imide groups is 1. The van der Waals surface area contributed by atoms with Crippen molar-refractivity contribution in [3.05, 3.63) is 71.8 Å². The van der Waals surface area contributed by atoms with Crippen molar-refractivity contribution >= 4 is 25.3 Å². The van der Waals surface area contributed by atoms with Gasteiger partial charge in [-0.15, -0.1) is 0 Å². The molecule has 2 aromatic carbocycles. The topological polar surface area (TPSA) is 110 Å². The number of nitrogens with zero attached hydrogens (tertiary/aromatic N) is 1. The van der Waals surface area contributed by atoms with Crippen molar-refractivity contribution in [2.45, 2.75) is 70.8 Å². The van der Waals surface area contributed by atoms with Gasteiger partial charge in [0.15, 0.2) is 0 Å². The van der Waals surface area contributed by atoms with Gasteiger partial charge in [-0.2, -0.15) is 9.28 Å². The summed E-state index contributed by atoms with van der Waals surface area (Å²) in [4.78, 5) is 51.1. The molecule has 9 heteroatoms. The van der Waals surface area contributed by atoms with E-state index in [0.717, 1.165) is 5.56 Å². The van der Waals surface area contributed by atoms with Crippen molar-refractivity contribution in [1.82, 2.24) is 5.32 Å². The molecule has 1 saturated heterocycles. The van der Waals surface area contributed by atoms with Crippen LogP contribution in [-0.2, 0) is 20.5 Å². The molecular weight excluding hydrogens is 491 g/mol. The summed E-state index contributed by atoms with van der Waals surface area (Å²) in [6.07, 6.45) is 0.419. The first kappa shape index (κ1) is 28.8. The molecule has 200 valence electrons. The van der Waals surface area contributed by atoms with Crippen LogP contribution in [0.4, 0.5) is 4.79 Å². The first-order valence-corrected chi connectivity index (χ1v) is 14.6. The third-order valence-corrected chi connectivity index (χ3v) is 8.87. The van der Waals surface area contributed by atoms with E-state index >= 15 is 0 Å². The molecule has 1 heterocycles. The van der Waals surface area contributed by atoms with Crippen molar-refractivity contribution in [3.63, 3.8) is 0 Å². The normalized spacial score (nSPS) is 22.0. The standard InChI is InChI=1S/C28H37N2O6P/c1-21-12-11-19-30(21,27(33)36-28(2,3)4)25(31)20-37(34,35)24(18-17-22-13-7-5-8-14-22)29-26(32)23-15-9-6-10-16-23/h5-10,13-16,21,24H,11-12,17-20H2,1-4H3,(H-,29,32,34,35)/p+1/t21-,24?,30?/m1/s1. The summed E-state index contributed by atoms with van der Waals surface area (Å²) in [5, 5.41) is 2.70. The van der Waals surface area contributed by atoms with Gasteiger partial charge in [-0.1, -0.05) is 48.5 Å². The average Bonchev–Trinajstić information content (AvgIpc) is 3.23. The zero-order valence-electron chi connectivity index (χ0n) is 22.1. The zero-order valence-corrected chi connectivity index (χ0v) is 22.9. The predicted octanol–water partition coefficient (Wildman–Crippen LogP) is 5.11. The second kappa shape index (κ2) is 11.7. The molecule has 2 N–H and O–H groups in total. The van der Waals surface area contributed by atoms with Crippen LogP contribution in [0.5, 0.6) is 0 Å². The molecule has 1 aliphatic heterocycles. The maximum atomic E-state index is 13.8. The molecule has 0 spiro atoms. The molecule has 1 aliphatic rings. The molecule has 37 heavy (non-hydrogen) atoms. The van der Waals surface area contributed by atoms with Crippen molar-refractivity contribution in [2.75, 3.05) is 12.7 Å². The Kier molecular flexibility index (Phi) is 9.11. The van der Waals surface area contributed by atoms with E-state index in [-0.39, 0.29) is 19.0 Å². The fourth-order valence-corrected chi connectivity index (χ4v) is 6.45. The van der Waals surface area contributed by atoms with Crippen LogP contribution in [0.2, 0.25) is 0 Å². The molecule has 1 fully saturated rings. The minimum absolute atomic E-state index is 0.158. The molecule has 0 bridgehead atoms. The van der Waals surface area contributed by atoms with E-state index < -0.39 is 47.3 Å². The Hall–Kier alpha value is -2.80. The van der Waals surface area contributed by atoms with Gasteiger partial charge in [-0.25, -0.2) is 4.79 Å². The smallest absolute Gasteiger partial charge is 0.414 e. The summed E-state index contributed by atoms with van der Waals surface area (Å²) in [5.74, 6) is -2.31. The van der Waals surface area contributed by atoms with Crippen LogP contribution in [0.15, 0.2) is 60.7 Å². The van der Waals surface area contributed by atoms with E-state index in [1.807, 2.05) is 30.3 Å². The van der Waals surface area contributed by atoms with Crippen molar-refractivity contribution in [2.24, 2.45) is 0 Å². The van der Waals surface area contributed by atoms with Gasteiger partial charge < -0.3 is 14.9 Å². The lowest BCUT2D eigenvalue weighted by Crippen LogP contribution is -2.61. The van der Waals surface area contributed by atoms with Gasteiger partial charge >= 0.3 is 12.0 Å². The Bertz CT molecular complexity index is 1150. The number of benzene rings is 2. The van der Waals surface area contributed by atoms with E-state index in [1.165, 1.54) is 0 Å². The van der Waals surface area contributed by atoms with Crippen LogP contribution in [0, 0.1) is 0 Å². The Morgan fingerprint density at radius 2 is 1.68 bits per heavy atom. The fourth-order valence-electron chi connectivity index (χ4n) is 4.74. The molecule has 0 radical (unpaired) electrons. The third-order valence-electron chi connectivity index (χ3n) is 6.78. The first-order valence-electron chi connectivity index (χ1n) is 12.7. The molecule has 3 rings (SSSR count). The molecule has 4 atom stereocenters. The summed E-state index contributed by atoms with van der Waals surface area (Å²) < 4.78 is 18.8. The van der Waals surface area contributed by atoms with Gasteiger partial charge in [0, 0.05) is 18.4 Å². The van der Waals surface area contributed by atoms with Gasteiger partial charge in [0.1, 0.15) is 23.6 Å². The van der Waals surface area contributed by atoms with E-state index in [1.54, 1.807) is 58.0 Å². The lowest BCUT2D eigenvalue weighted by molar-refractivity contribution is -0.792. The van der Waals surface area contributed by atoms with Crippen molar-refractivity contribution < 1.29 is 33.1 Å². The SMILES string of the molecule is C[C@@H]1CCC[N+]1(C(=O)CP(=O)(O)C(CCc1ccccc1)NC(=O)c1ccccc1)C(=O)OC(C)(C)C. The number of nitrogens with one attached hydrogen (secondary N) is 1. The van der Waals surface area contributed by atoms with Gasteiger partial charge in [0.25, 0.3) is 5.91 Å². The van der Waals surface area contributed by atoms with Crippen molar-refractivity contribution in [1.29, 1.82) is 0 Å². The maximum absolute atomic E-state index is 13.8. The number of quaternary nitrogens is 1. The lowest BCUT2D eigenvalue weighted by atomic mass is 10.1. The average molecular weight is 530 g/mol. The highest BCUT2D eigenvalue weighted by Gasteiger charge is 2.56. The predicted molar refractivity (Wildman–Crippen MR) is 142 cm³/mol. The van der Waals surface area contributed by atoms with Crippen LogP contribution < -0.4 is 5.32 Å². The van der Waals surface area contributed by atoms with E-state index in [4.69, 9.17) is 4.74 Å². The quantitative estimate of drug-likeness (QED) is 0.363. The van der Waals surface area contributed by atoms with E-state index in [9.17, 15) is 23.8 Å². The van der Waals surface area contributed by atoms with Crippen LogP contribution in [-0.4, -0.2) is 57.4 Å². The Labute approximate surface area is 219 Å². The largest absolute Gasteiger partial charge is 0.524 e. The summed E-state index contributed by atoms with van der Waals surface area (Å²) >= 11 is 0. The molecule has 3 amide bonds. The summed E-state index contributed by atoms with van der Waals surface area (Å²) in [6.45, 7) is 7.19. The van der Waals surface area contributed by atoms with Crippen LogP contribution in [0.25, 0.3) is 0 Å². The Morgan fingerprint density at radius 3 is 2.22 bits per heavy atom. The zero-order chi connectivity index (χ0) is 27.3. The lowest BCUT2D eigenvalue weighted by Gasteiger charge is -2.35. The molecule has 8 nitrogen and oxygen atoms in total. The van der Waals surface area contributed by atoms with Gasteiger partial charge in [-0.3, -0.25) is 9.36 Å². The summed E-state index contributed by atoms with van der Waals surface area (Å²) in [7, 11) is -4.29. The van der Waals surface area contributed by atoms with Crippen molar-refractivity contribution in [3.8, 4) is 0 Å². The third kappa shape index (κ3) is 7.16. The number of likely N-dealkylation sites (tertiary alicyclic amines) is 1. The molecule has 0 aliphatic carbocycles. The van der Waals surface area contributed by atoms with Gasteiger partial charge in [0.05, 0.1) is 6.54 Å². The fraction of sp³-hybridized carbons (Fsp3) is 0.464. The molecule has 0 aromatic heterocycles. The Balaban J connectivity index is 1.87. The van der Waals surface area contributed by atoms with Crippen LogP contribution >= 0.6 is 7.37 Å². The minimum Gasteiger partial charge on any atom is -0.414 e. The highest BCUT2D eigenvalue weighted by molar-refractivity contribution is 7.59. The second-order valence-electron chi connectivity index (χ2n) is 10.8. The number of rotatable bonds is 8. The number of ether oxygens (including phenoxy) is 1. The summed E-state index contributed by atoms with van der Waals surface area (Å²) in [5.41, 5.74) is 0.484. The number of carbonyl (C=O) groups is 3. The maximum Gasteiger partial charge on any atom is 0.524 e. The molecule has 3 unspecified atom stereocenters. The number of aryl methyl sites for hydroxylation is 1. The number of carbonyl (C=O) groups excluding carboxylic acids is 3. The Morgan fingerprint density at radius 1 is 1.08 bits per heavy atom. The van der Waals surface area contributed by atoms with Crippen LogP contribution in [0.3, 0.4) is 0 Å². The highest BCUT2D eigenvalue weighted by Crippen LogP contribution is 2.48. The number of amides is 3.